The quantitative estimate of drug-likeness (QED) is 0.677. The second-order valence-corrected chi connectivity index (χ2v) is 6.72. The molecule has 3 aromatic rings. The molecule has 0 bridgehead atoms. The first-order valence-corrected chi connectivity index (χ1v) is 8.79. The highest BCUT2D eigenvalue weighted by atomic mass is 32.1. The molecule has 0 atom stereocenters. The van der Waals surface area contributed by atoms with E-state index in [1.54, 1.807) is 11.3 Å². The first-order chi connectivity index (χ1) is 11.9. The summed E-state index contributed by atoms with van der Waals surface area (Å²) in [6.45, 7) is 0. The Kier molecular flexibility index (Phi) is 5.05. The maximum absolute atomic E-state index is 12.1. The number of carbonyl (C=O) groups excluding carboxylic acids is 1. The van der Waals surface area contributed by atoms with Crippen LogP contribution in [0.5, 0.6) is 5.75 Å². The van der Waals surface area contributed by atoms with Crippen LogP contribution in [-0.2, 0) is 11.2 Å². The molecule has 0 aliphatic heterocycles. The zero-order chi connectivity index (χ0) is 17.9. The Morgan fingerprint density at radius 3 is 2.56 bits per heavy atom. The number of aromatic nitrogens is 1. The van der Waals surface area contributed by atoms with E-state index in [0.29, 0.717) is 11.4 Å². The van der Waals surface area contributed by atoms with Crippen molar-refractivity contribution in [2.24, 2.45) is 0 Å². The van der Waals surface area contributed by atoms with Gasteiger partial charge >= 0.3 is 6.36 Å². The van der Waals surface area contributed by atoms with Crippen molar-refractivity contribution in [2.75, 3.05) is 5.32 Å². The van der Waals surface area contributed by atoms with E-state index in [-0.39, 0.29) is 18.1 Å². The van der Waals surface area contributed by atoms with Crippen molar-refractivity contribution in [3.8, 4) is 15.6 Å². The molecule has 1 amide bonds. The second-order valence-electron chi connectivity index (χ2n) is 4.92. The van der Waals surface area contributed by atoms with Gasteiger partial charge in [-0.05, 0) is 35.7 Å². The Bertz CT molecular complexity index is 843. The van der Waals surface area contributed by atoms with E-state index < -0.39 is 6.36 Å². The summed E-state index contributed by atoms with van der Waals surface area (Å²) in [4.78, 5) is 17.5. The third-order valence-electron chi connectivity index (χ3n) is 3.00. The van der Waals surface area contributed by atoms with Gasteiger partial charge in [-0.1, -0.05) is 6.07 Å². The van der Waals surface area contributed by atoms with Crippen LogP contribution in [0, 0.1) is 0 Å². The SMILES string of the molecule is O=C(Cc1csc(-c2cccs2)n1)Nc1ccc(OC(F)(F)F)cc1. The molecule has 25 heavy (non-hydrogen) atoms. The van der Waals surface area contributed by atoms with Crippen LogP contribution in [0.15, 0.2) is 47.2 Å². The zero-order valence-electron chi connectivity index (χ0n) is 12.5. The minimum atomic E-state index is -4.74. The maximum atomic E-state index is 12.1. The Morgan fingerprint density at radius 1 is 1.16 bits per heavy atom. The predicted molar refractivity (Wildman–Crippen MR) is 90.9 cm³/mol. The monoisotopic (exact) mass is 384 g/mol. The van der Waals surface area contributed by atoms with E-state index in [1.165, 1.54) is 23.5 Å². The third kappa shape index (κ3) is 5.04. The molecule has 0 aliphatic rings. The van der Waals surface area contributed by atoms with E-state index in [0.717, 1.165) is 22.0 Å². The molecule has 9 heteroatoms. The average molecular weight is 384 g/mol. The van der Waals surface area contributed by atoms with Crippen molar-refractivity contribution in [3.63, 3.8) is 0 Å². The molecule has 0 unspecified atom stereocenters. The lowest BCUT2D eigenvalue weighted by Crippen LogP contribution is -2.17. The van der Waals surface area contributed by atoms with Crippen molar-refractivity contribution in [2.45, 2.75) is 12.8 Å². The molecule has 0 saturated heterocycles. The molecule has 1 N–H and O–H groups in total. The number of nitrogens with one attached hydrogen (secondary N) is 1. The van der Waals surface area contributed by atoms with Gasteiger partial charge in [0.15, 0.2) is 0 Å². The lowest BCUT2D eigenvalue weighted by Gasteiger charge is -2.09. The summed E-state index contributed by atoms with van der Waals surface area (Å²) >= 11 is 3.03. The van der Waals surface area contributed by atoms with Crippen molar-refractivity contribution in [1.29, 1.82) is 0 Å². The molecule has 0 aliphatic carbocycles. The summed E-state index contributed by atoms with van der Waals surface area (Å²) in [5.41, 5.74) is 1.02. The number of alkyl halides is 3. The first kappa shape index (κ1) is 17.4. The third-order valence-corrected chi connectivity index (χ3v) is 4.93. The Balaban J connectivity index is 1.57. The van der Waals surface area contributed by atoms with Gasteiger partial charge in [-0.3, -0.25) is 4.79 Å². The van der Waals surface area contributed by atoms with E-state index in [9.17, 15) is 18.0 Å². The van der Waals surface area contributed by atoms with Gasteiger partial charge in [0.1, 0.15) is 10.8 Å². The van der Waals surface area contributed by atoms with Crippen LogP contribution in [-0.4, -0.2) is 17.3 Å². The number of rotatable bonds is 5. The van der Waals surface area contributed by atoms with Gasteiger partial charge in [-0.25, -0.2) is 4.98 Å². The average Bonchev–Trinajstić information content (AvgIpc) is 3.18. The van der Waals surface area contributed by atoms with Crippen molar-refractivity contribution in [3.05, 3.63) is 52.9 Å². The van der Waals surface area contributed by atoms with Crippen LogP contribution in [0.4, 0.5) is 18.9 Å². The number of thiazole rings is 1. The molecule has 4 nitrogen and oxygen atoms in total. The van der Waals surface area contributed by atoms with Gasteiger partial charge in [-0.2, -0.15) is 0 Å². The molecule has 130 valence electrons. The smallest absolute Gasteiger partial charge is 0.406 e. The van der Waals surface area contributed by atoms with Crippen molar-refractivity contribution < 1.29 is 22.7 Å². The van der Waals surface area contributed by atoms with E-state index in [1.807, 2.05) is 22.9 Å². The normalized spacial score (nSPS) is 11.3. The van der Waals surface area contributed by atoms with Crippen molar-refractivity contribution in [1.82, 2.24) is 4.98 Å². The van der Waals surface area contributed by atoms with Gasteiger partial charge in [0.25, 0.3) is 0 Å². The molecule has 1 aromatic carbocycles. The largest absolute Gasteiger partial charge is 0.573 e. The fourth-order valence-electron chi connectivity index (χ4n) is 2.01. The van der Waals surface area contributed by atoms with Crippen LogP contribution in [0.3, 0.4) is 0 Å². The summed E-state index contributed by atoms with van der Waals surface area (Å²) in [6.07, 6.45) is -4.65. The van der Waals surface area contributed by atoms with Gasteiger partial charge in [-0.15, -0.1) is 35.8 Å². The topological polar surface area (TPSA) is 51.2 Å². The zero-order valence-corrected chi connectivity index (χ0v) is 14.2. The van der Waals surface area contributed by atoms with Crippen molar-refractivity contribution >= 4 is 34.3 Å². The Morgan fingerprint density at radius 2 is 1.92 bits per heavy atom. The van der Waals surface area contributed by atoms with E-state index in [4.69, 9.17) is 0 Å². The lowest BCUT2D eigenvalue weighted by molar-refractivity contribution is -0.274. The molecular weight excluding hydrogens is 373 g/mol. The summed E-state index contributed by atoms with van der Waals surface area (Å²) in [7, 11) is 0. The second kappa shape index (κ2) is 7.24. The fraction of sp³-hybridized carbons (Fsp3) is 0.125. The number of benzene rings is 1. The van der Waals surface area contributed by atoms with Crippen LogP contribution in [0.25, 0.3) is 9.88 Å². The highest BCUT2D eigenvalue weighted by Crippen LogP contribution is 2.28. The molecule has 0 fully saturated rings. The molecule has 0 saturated carbocycles. The molecule has 0 spiro atoms. The van der Waals surface area contributed by atoms with Crippen LogP contribution in [0.1, 0.15) is 5.69 Å². The molecule has 3 rings (SSSR count). The minimum Gasteiger partial charge on any atom is -0.406 e. The standard InChI is InChI=1S/C16H11F3N2O2S2/c17-16(18,19)23-12-5-3-10(4-6-12)20-14(22)8-11-9-25-15(21-11)13-2-1-7-24-13/h1-7,9H,8H2,(H,20,22). The lowest BCUT2D eigenvalue weighted by atomic mass is 10.2. The first-order valence-electron chi connectivity index (χ1n) is 7.03. The predicted octanol–water partition coefficient (Wildman–Crippen LogP) is 4.95. The van der Waals surface area contributed by atoms with Gasteiger partial charge in [0.2, 0.25) is 5.91 Å². The molecule has 2 heterocycles. The van der Waals surface area contributed by atoms with Crippen LogP contribution >= 0.6 is 22.7 Å². The molecule has 0 radical (unpaired) electrons. The van der Waals surface area contributed by atoms with Gasteiger partial charge in [0, 0.05) is 11.1 Å². The summed E-state index contributed by atoms with van der Waals surface area (Å²) in [6, 6.07) is 8.85. The van der Waals surface area contributed by atoms with Gasteiger partial charge in [0.05, 0.1) is 17.0 Å². The molecule has 2 aromatic heterocycles. The summed E-state index contributed by atoms with van der Waals surface area (Å²) in [5.74, 6) is -0.641. The van der Waals surface area contributed by atoms with Crippen LogP contribution in [0.2, 0.25) is 0 Å². The number of nitrogens with zero attached hydrogens (tertiary/aromatic N) is 1. The fourth-order valence-corrected chi connectivity index (χ4v) is 3.65. The Labute approximate surface area is 148 Å². The number of thiophene rings is 1. The summed E-state index contributed by atoms with van der Waals surface area (Å²) < 4.78 is 40.1. The number of hydrogen-bond acceptors (Lipinski definition) is 5. The number of ether oxygens (including phenoxy) is 1. The minimum absolute atomic E-state index is 0.0860. The number of carbonyl (C=O) groups is 1. The van der Waals surface area contributed by atoms with Crippen LogP contribution < -0.4 is 10.1 Å². The highest BCUT2D eigenvalue weighted by molar-refractivity contribution is 7.20. The number of hydrogen-bond donors (Lipinski definition) is 1. The molecular formula is C16H11F3N2O2S2. The number of amides is 1. The Hall–Kier alpha value is -2.39. The highest BCUT2D eigenvalue weighted by Gasteiger charge is 2.30. The van der Waals surface area contributed by atoms with E-state index in [2.05, 4.69) is 15.0 Å². The summed E-state index contributed by atoms with van der Waals surface area (Å²) in [5, 5.41) is 7.24. The van der Waals surface area contributed by atoms with Gasteiger partial charge < -0.3 is 10.1 Å². The maximum Gasteiger partial charge on any atom is 0.573 e. The van der Waals surface area contributed by atoms with E-state index >= 15 is 0 Å². The number of halogens is 3. The number of anilines is 1.